The third-order valence-corrected chi connectivity index (χ3v) is 2.76. The van der Waals surface area contributed by atoms with Gasteiger partial charge in [-0.3, -0.25) is 4.90 Å². The summed E-state index contributed by atoms with van der Waals surface area (Å²) in [7, 11) is 0. The molecule has 0 aromatic carbocycles. The molecule has 68 valence electrons. The fourth-order valence-corrected chi connectivity index (χ4v) is 2.20. The first kappa shape index (κ1) is 8.27. The minimum Gasteiger partial charge on any atom is -0.377 e. The van der Waals surface area contributed by atoms with Crippen LogP contribution in [0.15, 0.2) is 12.2 Å². The van der Waals surface area contributed by atoms with Gasteiger partial charge in [0.25, 0.3) is 0 Å². The average Bonchev–Trinajstić information content (AvgIpc) is 2.47. The number of ether oxygens (including phenoxy) is 1. The van der Waals surface area contributed by atoms with Crippen molar-refractivity contribution < 1.29 is 4.74 Å². The minimum absolute atomic E-state index is 0.489. The van der Waals surface area contributed by atoms with E-state index in [4.69, 9.17) is 4.74 Å². The van der Waals surface area contributed by atoms with Gasteiger partial charge >= 0.3 is 0 Å². The van der Waals surface area contributed by atoms with E-state index in [1.165, 1.54) is 19.4 Å². The average molecular weight is 167 g/mol. The fourth-order valence-electron chi connectivity index (χ4n) is 2.20. The van der Waals surface area contributed by atoms with E-state index in [1.807, 2.05) is 0 Å². The van der Waals surface area contributed by atoms with Crippen LogP contribution in [0.4, 0.5) is 0 Å². The number of nitrogens with zero attached hydrogens (tertiary/aromatic N) is 1. The van der Waals surface area contributed by atoms with Crippen LogP contribution in [0.1, 0.15) is 19.8 Å². The van der Waals surface area contributed by atoms with Crippen molar-refractivity contribution in [2.24, 2.45) is 0 Å². The highest BCUT2D eigenvalue weighted by Crippen LogP contribution is 2.24. The van der Waals surface area contributed by atoms with Crippen LogP contribution in [0.2, 0.25) is 0 Å². The van der Waals surface area contributed by atoms with Crippen molar-refractivity contribution in [2.75, 3.05) is 19.7 Å². The number of rotatable bonds is 2. The Hall–Kier alpha value is -0.340. The van der Waals surface area contributed by atoms with E-state index in [9.17, 15) is 0 Å². The second kappa shape index (κ2) is 3.58. The Bertz CT molecular complexity index is 179. The Balaban J connectivity index is 1.91. The summed E-state index contributed by atoms with van der Waals surface area (Å²) >= 11 is 0. The molecule has 0 radical (unpaired) electrons. The Morgan fingerprint density at radius 3 is 3.25 bits per heavy atom. The molecule has 0 amide bonds. The molecular weight excluding hydrogens is 150 g/mol. The Kier molecular flexibility index (Phi) is 2.47. The van der Waals surface area contributed by atoms with Crippen molar-refractivity contribution >= 4 is 0 Å². The molecule has 2 heterocycles. The molecule has 0 saturated carbocycles. The summed E-state index contributed by atoms with van der Waals surface area (Å²) in [5.41, 5.74) is 0. The van der Waals surface area contributed by atoms with E-state index < -0.39 is 0 Å². The quantitative estimate of drug-likeness (QED) is 0.577. The highest BCUT2D eigenvalue weighted by atomic mass is 16.5. The van der Waals surface area contributed by atoms with Crippen LogP contribution in [0.5, 0.6) is 0 Å². The molecule has 0 aromatic heterocycles. The molecular formula is C10H17NO. The van der Waals surface area contributed by atoms with Crippen molar-refractivity contribution in [2.45, 2.75) is 31.9 Å². The summed E-state index contributed by atoms with van der Waals surface area (Å²) in [6.45, 7) is 5.30. The van der Waals surface area contributed by atoms with E-state index in [-0.39, 0.29) is 0 Å². The van der Waals surface area contributed by atoms with E-state index in [0.29, 0.717) is 12.1 Å². The van der Waals surface area contributed by atoms with Crippen LogP contribution in [0.3, 0.4) is 0 Å². The smallest absolute Gasteiger partial charge is 0.0720 e. The summed E-state index contributed by atoms with van der Waals surface area (Å²) in [6.07, 6.45) is 7.54. The van der Waals surface area contributed by atoms with E-state index >= 15 is 0 Å². The zero-order chi connectivity index (χ0) is 8.39. The lowest BCUT2D eigenvalue weighted by Crippen LogP contribution is -2.31. The lowest BCUT2D eigenvalue weighted by molar-refractivity contribution is 0.0691. The molecule has 1 fully saturated rings. The second-order valence-electron chi connectivity index (χ2n) is 3.59. The first-order chi connectivity index (χ1) is 5.90. The monoisotopic (exact) mass is 167 g/mol. The van der Waals surface area contributed by atoms with E-state index in [0.717, 1.165) is 13.2 Å². The van der Waals surface area contributed by atoms with Gasteiger partial charge in [0.15, 0.2) is 0 Å². The summed E-state index contributed by atoms with van der Waals surface area (Å²) in [5, 5.41) is 0. The van der Waals surface area contributed by atoms with Crippen LogP contribution < -0.4 is 0 Å². The van der Waals surface area contributed by atoms with Crippen LogP contribution in [0, 0.1) is 0 Å². The predicted octanol–water partition coefficient (Wildman–Crippen LogP) is 1.43. The molecule has 1 saturated heterocycles. The molecule has 0 N–H and O–H groups in total. The van der Waals surface area contributed by atoms with Crippen molar-refractivity contribution in [3.8, 4) is 0 Å². The SMILES string of the molecule is CCOC1CC2C=CCCN2C1. The molecule has 0 spiro atoms. The van der Waals surface area contributed by atoms with Crippen LogP contribution in [-0.2, 0) is 4.74 Å². The molecule has 2 heteroatoms. The second-order valence-corrected chi connectivity index (χ2v) is 3.59. The maximum atomic E-state index is 5.62. The molecule has 2 aliphatic heterocycles. The van der Waals surface area contributed by atoms with Crippen molar-refractivity contribution in [3.63, 3.8) is 0 Å². The van der Waals surface area contributed by atoms with Gasteiger partial charge in [0.2, 0.25) is 0 Å². The van der Waals surface area contributed by atoms with Crippen molar-refractivity contribution in [3.05, 3.63) is 12.2 Å². The fraction of sp³-hybridized carbons (Fsp3) is 0.800. The van der Waals surface area contributed by atoms with Gasteiger partial charge in [-0.1, -0.05) is 12.2 Å². The first-order valence-electron chi connectivity index (χ1n) is 4.92. The summed E-state index contributed by atoms with van der Waals surface area (Å²) < 4.78 is 5.62. The Morgan fingerprint density at radius 2 is 2.50 bits per heavy atom. The van der Waals surface area contributed by atoms with Gasteiger partial charge in [0.1, 0.15) is 0 Å². The molecule has 2 aliphatic rings. The van der Waals surface area contributed by atoms with Gasteiger partial charge in [-0.25, -0.2) is 0 Å². The maximum absolute atomic E-state index is 5.62. The molecule has 2 rings (SSSR count). The van der Waals surface area contributed by atoms with Crippen LogP contribution in [-0.4, -0.2) is 36.7 Å². The van der Waals surface area contributed by atoms with Crippen LogP contribution >= 0.6 is 0 Å². The van der Waals surface area contributed by atoms with E-state index in [1.54, 1.807) is 0 Å². The minimum atomic E-state index is 0.489. The Morgan fingerprint density at radius 1 is 1.58 bits per heavy atom. The number of hydrogen-bond donors (Lipinski definition) is 0. The molecule has 0 bridgehead atoms. The van der Waals surface area contributed by atoms with Gasteiger partial charge < -0.3 is 4.74 Å². The lowest BCUT2D eigenvalue weighted by atomic mass is 10.1. The molecule has 0 aliphatic carbocycles. The third-order valence-electron chi connectivity index (χ3n) is 2.76. The maximum Gasteiger partial charge on any atom is 0.0720 e. The lowest BCUT2D eigenvalue weighted by Gasteiger charge is -2.23. The zero-order valence-electron chi connectivity index (χ0n) is 7.70. The predicted molar refractivity (Wildman–Crippen MR) is 49.1 cm³/mol. The highest BCUT2D eigenvalue weighted by molar-refractivity contribution is 5.04. The van der Waals surface area contributed by atoms with E-state index in [2.05, 4.69) is 24.0 Å². The third kappa shape index (κ3) is 1.54. The topological polar surface area (TPSA) is 12.5 Å². The van der Waals surface area contributed by atoms with Gasteiger partial charge in [-0.15, -0.1) is 0 Å². The van der Waals surface area contributed by atoms with Gasteiger partial charge in [-0.2, -0.15) is 0 Å². The first-order valence-corrected chi connectivity index (χ1v) is 4.92. The molecule has 2 unspecified atom stereocenters. The molecule has 2 atom stereocenters. The summed E-state index contributed by atoms with van der Waals surface area (Å²) in [5.74, 6) is 0. The Labute approximate surface area is 74.2 Å². The van der Waals surface area contributed by atoms with Gasteiger partial charge in [0.05, 0.1) is 6.10 Å². The number of hydrogen-bond acceptors (Lipinski definition) is 2. The standard InChI is InChI=1S/C10H17NO/c1-2-12-10-7-9-5-3-4-6-11(9)8-10/h3,5,9-10H,2,4,6-8H2,1H3. The highest BCUT2D eigenvalue weighted by Gasteiger charge is 2.31. The normalized spacial score (nSPS) is 35.4. The van der Waals surface area contributed by atoms with Gasteiger partial charge in [0, 0.05) is 25.7 Å². The molecule has 2 nitrogen and oxygen atoms in total. The van der Waals surface area contributed by atoms with Gasteiger partial charge in [-0.05, 0) is 19.8 Å². The van der Waals surface area contributed by atoms with Crippen molar-refractivity contribution in [1.29, 1.82) is 0 Å². The molecule has 0 aromatic rings. The molecule has 12 heavy (non-hydrogen) atoms. The number of fused-ring (bicyclic) bond motifs is 1. The van der Waals surface area contributed by atoms with Crippen LogP contribution in [0.25, 0.3) is 0 Å². The zero-order valence-corrected chi connectivity index (χ0v) is 7.70. The summed E-state index contributed by atoms with van der Waals surface area (Å²) in [4.78, 5) is 2.53. The largest absolute Gasteiger partial charge is 0.377 e. The van der Waals surface area contributed by atoms with Crippen molar-refractivity contribution in [1.82, 2.24) is 4.90 Å². The summed E-state index contributed by atoms with van der Waals surface area (Å²) in [6, 6.07) is 0.676.